The topological polar surface area (TPSA) is 252 Å². The molecule has 1 aromatic heterocycles. The second-order valence-electron chi connectivity index (χ2n) is 30.4. The number of aromatic nitrogens is 2. The zero-order valence-corrected chi connectivity index (χ0v) is 71.9. The molecular formula is C102H96F10N4O15S. The number of alkyl halides is 10. The molecule has 16 rings (SSSR count). The Hall–Kier alpha value is -13.7. The first-order valence-corrected chi connectivity index (χ1v) is 42.1. The number of esters is 3. The Morgan fingerprint density at radius 1 is 0.462 bits per heavy atom. The zero-order chi connectivity index (χ0) is 94.1. The van der Waals surface area contributed by atoms with Crippen LogP contribution in [0.4, 0.5) is 43.9 Å². The lowest BCUT2D eigenvalue weighted by Gasteiger charge is -2.30. The summed E-state index contributed by atoms with van der Waals surface area (Å²) < 4.78 is 172. The number of thiocarbonyl (C=S) groups is 1. The van der Waals surface area contributed by atoms with Crippen molar-refractivity contribution in [2.45, 2.75) is 114 Å². The standard InChI is InChI=1S/C28H30F2N2O4.C19H16F2N2O3S.C15H14F2O3.C15H14F2O2.C13H10F2O2.C11H8O.CH4/c29-28(30,17-19-7-8-20-5-1-2-6-21(20)15-19)27(34)31-23(18-32-11-3-4-12-32)26(33)22-9-10-24-25(16-22)36-14-13-35-24;1-2-25-17(24)19(20,21)16(26-18(27)23-10-9-22-12-23)15-8-7-13-5-3-4-6-14(13)11-15;1-2-20-14(19)15(16,17)13(18)12-8-7-10-5-3-4-6-11(10)9-12;1-2-19-14(18)15(16,17)10-11-7-8-12-5-3-4-6-13(12)9-11;14-13(15,12(16)17)8-9-5-6-10-3-1-2-4-11(10)7-9;12-8-9-5-6-10-3-1-2-4-11(10)7-9;/h1-2,5-10,15-16,23,26,33H,3-4,11-14,17-18H2,(H,31,34);3-12,16H,2H2,1H3;3-9,13,18H,2H2,1H3;3-9H,2,10H2,1H3;1-7H,8H2,(H,16,17);1-8H;1H4/t23-,26-;;;;;;/m1....../s1. The van der Waals surface area contributed by atoms with E-state index in [4.69, 9.17) is 31.5 Å². The molecule has 0 radical (unpaired) electrons. The average molecular weight is 1840 g/mol. The summed E-state index contributed by atoms with van der Waals surface area (Å²) in [6.45, 7) is 6.69. The number of aliphatic hydroxyl groups is 2. The fourth-order valence-electron chi connectivity index (χ4n) is 14.3. The number of carboxylic acids is 1. The quantitative estimate of drug-likeness (QED) is 0.0136. The van der Waals surface area contributed by atoms with Crippen LogP contribution in [0.2, 0.25) is 0 Å². The van der Waals surface area contributed by atoms with E-state index < -0.39 is 103 Å². The number of amides is 1. The first-order valence-electron chi connectivity index (χ1n) is 41.7. The van der Waals surface area contributed by atoms with Gasteiger partial charge in [0, 0.05) is 43.8 Å². The molecule has 1 fully saturated rings. The van der Waals surface area contributed by atoms with E-state index >= 15 is 8.78 Å². The van der Waals surface area contributed by atoms with Gasteiger partial charge in [0.15, 0.2) is 17.6 Å². The van der Waals surface area contributed by atoms with Crippen LogP contribution in [0.15, 0.2) is 292 Å². The third kappa shape index (κ3) is 26.8. The van der Waals surface area contributed by atoms with Gasteiger partial charge in [-0.05, 0) is 187 Å². The van der Waals surface area contributed by atoms with Gasteiger partial charge < -0.3 is 54.0 Å². The SMILES string of the molecule is C.CCOC(=O)C(F)(F)C(O)c1ccc2ccccc2c1.CCOC(=O)C(F)(F)C(OC(=S)n1ccnc1)c1ccc2ccccc2c1.CCOC(=O)C(F)(F)Cc1ccc2ccccc2c1.O=C(N[C@H](CN1CCCC1)[C@H](O)c1ccc2c(c1)OCCO2)C(F)(F)Cc1ccc2ccccc2c1.O=C(O)C(F)(F)Cc1ccc2ccccc2c1.O=Cc1ccc2ccccc2c1. The van der Waals surface area contributed by atoms with Crippen LogP contribution < -0.4 is 14.8 Å². The minimum atomic E-state index is -3.97. The van der Waals surface area contributed by atoms with E-state index in [0.29, 0.717) is 52.4 Å². The molecule has 2 aliphatic rings. The Labute approximate surface area is 759 Å². The number of carbonyl (C=O) groups is 6. The molecule has 0 bridgehead atoms. The predicted molar refractivity (Wildman–Crippen MR) is 488 cm³/mol. The Kier molecular flexibility index (Phi) is 35.2. The van der Waals surface area contributed by atoms with Crippen LogP contribution in [-0.2, 0) is 62.2 Å². The van der Waals surface area contributed by atoms with E-state index in [1.165, 1.54) is 73.7 Å². The van der Waals surface area contributed by atoms with Crippen LogP contribution in [0.3, 0.4) is 0 Å². The number of hydrogen-bond acceptors (Lipinski definition) is 17. The molecule has 0 aliphatic carbocycles. The lowest BCUT2D eigenvalue weighted by atomic mass is 9.99. The summed E-state index contributed by atoms with van der Waals surface area (Å²) in [6.07, 6.45) is -0.438. The summed E-state index contributed by atoms with van der Waals surface area (Å²) in [5, 5.41) is 42.4. The van der Waals surface area contributed by atoms with E-state index in [-0.39, 0.29) is 50.1 Å². The molecule has 30 heteroatoms. The number of benzene rings is 13. The molecule has 4 N–H and O–H groups in total. The van der Waals surface area contributed by atoms with Gasteiger partial charge in [-0.1, -0.05) is 250 Å². The fraction of sp³-hybridized carbons (Fsp3) is 0.255. The van der Waals surface area contributed by atoms with Gasteiger partial charge in [-0.25, -0.2) is 24.2 Å². The Bertz CT molecular complexity index is 6300. The zero-order valence-electron chi connectivity index (χ0n) is 71.1. The molecule has 2 aliphatic heterocycles. The number of rotatable bonds is 25. The summed E-state index contributed by atoms with van der Waals surface area (Å²) in [4.78, 5) is 73.8. The molecule has 2 unspecified atom stereocenters. The van der Waals surface area contributed by atoms with Crippen molar-refractivity contribution in [3.63, 3.8) is 0 Å². The molecule has 1 saturated heterocycles. The number of carboxylic acid groups (broad SMARTS) is 1. The molecule has 14 aromatic rings. The number of nitrogens with one attached hydrogen (secondary N) is 1. The highest BCUT2D eigenvalue weighted by Gasteiger charge is 2.53. The van der Waals surface area contributed by atoms with Crippen molar-refractivity contribution >= 4 is 118 Å². The Morgan fingerprint density at radius 3 is 1.30 bits per heavy atom. The average Bonchev–Trinajstić information content (AvgIpc) is 0.855. The molecule has 690 valence electrons. The summed E-state index contributed by atoms with van der Waals surface area (Å²) in [5.41, 5.74) is 2.39. The molecule has 1 amide bonds. The molecule has 0 saturated carbocycles. The number of nitrogens with zero attached hydrogens (tertiary/aromatic N) is 3. The van der Waals surface area contributed by atoms with Gasteiger partial charge in [-0.15, -0.1) is 0 Å². The number of halogens is 10. The van der Waals surface area contributed by atoms with E-state index in [1.54, 1.807) is 121 Å². The summed E-state index contributed by atoms with van der Waals surface area (Å²) >= 11 is 5.08. The smallest absolute Gasteiger partial charge is 0.382 e. The number of aliphatic hydroxyl groups excluding tert-OH is 2. The number of ether oxygens (including phenoxy) is 6. The maximum atomic E-state index is 15.1. The highest BCUT2D eigenvalue weighted by atomic mass is 32.1. The predicted octanol–water partition coefficient (Wildman–Crippen LogP) is 21.3. The van der Waals surface area contributed by atoms with E-state index in [2.05, 4.69) is 29.4 Å². The van der Waals surface area contributed by atoms with Crippen LogP contribution in [0, 0.1) is 0 Å². The summed E-state index contributed by atoms with van der Waals surface area (Å²) in [7, 11) is 0. The normalized spacial score (nSPS) is 13.4. The van der Waals surface area contributed by atoms with Crippen molar-refractivity contribution in [1.29, 1.82) is 0 Å². The highest BCUT2D eigenvalue weighted by molar-refractivity contribution is 7.80. The Morgan fingerprint density at radius 2 is 0.848 bits per heavy atom. The molecule has 3 heterocycles. The van der Waals surface area contributed by atoms with Crippen molar-refractivity contribution in [3.05, 3.63) is 331 Å². The number of imidazole rings is 1. The van der Waals surface area contributed by atoms with Crippen LogP contribution in [0.25, 0.3) is 64.6 Å². The third-order valence-corrected chi connectivity index (χ3v) is 21.3. The van der Waals surface area contributed by atoms with Gasteiger partial charge in [0.25, 0.3) is 11.1 Å². The van der Waals surface area contributed by atoms with Crippen LogP contribution in [-0.4, -0.2) is 159 Å². The largest absolute Gasteiger partial charge is 0.486 e. The van der Waals surface area contributed by atoms with Crippen LogP contribution in [0.5, 0.6) is 11.5 Å². The van der Waals surface area contributed by atoms with Gasteiger partial charge >= 0.3 is 53.5 Å². The lowest BCUT2D eigenvalue weighted by Crippen LogP contribution is -2.52. The van der Waals surface area contributed by atoms with Crippen LogP contribution in [0.1, 0.15) is 103 Å². The van der Waals surface area contributed by atoms with Gasteiger partial charge in [0.1, 0.15) is 31.9 Å². The van der Waals surface area contributed by atoms with Gasteiger partial charge in [0.05, 0.1) is 25.9 Å². The number of aliphatic carboxylic acids is 1. The fourth-order valence-corrected chi connectivity index (χ4v) is 14.5. The summed E-state index contributed by atoms with van der Waals surface area (Å²) in [6, 6.07) is 78.6. The number of likely N-dealkylation sites (tertiary alicyclic amines) is 1. The summed E-state index contributed by atoms with van der Waals surface area (Å²) in [5.74, 6) is -26.0. The first-order chi connectivity index (χ1) is 62.7. The number of fused-ring (bicyclic) bond motifs is 7. The molecule has 0 spiro atoms. The van der Waals surface area contributed by atoms with Crippen molar-refractivity contribution in [3.8, 4) is 11.5 Å². The molecule has 4 atom stereocenters. The monoisotopic (exact) mass is 1840 g/mol. The number of carbonyl (C=O) groups excluding carboxylic acids is 5. The van der Waals surface area contributed by atoms with Crippen molar-refractivity contribution in [2.75, 3.05) is 52.7 Å². The van der Waals surface area contributed by atoms with Crippen molar-refractivity contribution in [1.82, 2.24) is 19.8 Å². The molecule has 132 heavy (non-hydrogen) atoms. The Balaban J connectivity index is 0.000000169. The van der Waals surface area contributed by atoms with E-state index in [1.807, 2.05) is 127 Å². The number of aldehydes is 1. The van der Waals surface area contributed by atoms with Gasteiger partial charge in [0.2, 0.25) is 6.10 Å². The molecule has 13 aromatic carbocycles. The van der Waals surface area contributed by atoms with Crippen molar-refractivity contribution in [2.24, 2.45) is 0 Å². The maximum absolute atomic E-state index is 15.1. The second-order valence-corrected chi connectivity index (χ2v) is 30.8. The van der Waals surface area contributed by atoms with Crippen LogP contribution >= 0.6 is 12.2 Å². The highest BCUT2D eigenvalue weighted by Crippen LogP contribution is 2.40. The maximum Gasteiger partial charge on any atom is 0.382 e. The first kappa shape index (κ1) is 100. The van der Waals surface area contributed by atoms with Gasteiger partial charge in [-0.3, -0.25) is 14.2 Å². The minimum absolute atomic E-state index is 0. The third-order valence-electron chi connectivity index (χ3n) is 21.0. The second kappa shape index (κ2) is 46.2. The number of hydrogen-bond donors (Lipinski definition) is 4. The lowest BCUT2D eigenvalue weighted by molar-refractivity contribution is -0.189. The van der Waals surface area contributed by atoms with E-state index in [9.17, 15) is 74.1 Å². The minimum Gasteiger partial charge on any atom is -0.486 e. The van der Waals surface area contributed by atoms with Gasteiger partial charge in [-0.2, -0.15) is 43.9 Å². The molecule has 19 nitrogen and oxygen atoms in total. The van der Waals surface area contributed by atoms with Crippen molar-refractivity contribution < 1.29 is 116 Å². The molecular weight excluding hydrogens is 1740 g/mol. The van der Waals surface area contributed by atoms with E-state index in [0.717, 1.165) is 91.6 Å².